The van der Waals surface area contributed by atoms with Crippen molar-refractivity contribution in [2.24, 2.45) is 10.5 Å². The van der Waals surface area contributed by atoms with Gasteiger partial charge < -0.3 is 4.42 Å². The standard InChI is InChI=1S/C10H9Br2N3O4/c1-9(5-10(9,11)12)8(16)14-13-4-6-2-3-7(19-6)15(17)18/h2-4H,5H2,1H3,(H,14,16)/b13-4-. The van der Waals surface area contributed by atoms with Crippen molar-refractivity contribution in [2.45, 2.75) is 16.6 Å². The zero-order valence-corrected chi connectivity index (χ0v) is 12.9. The Morgan fingerprint density at radius 2 is 2.26 bits per heavy atom. The Hall–Kier alpha value is -1.22. The number of nitro groups is 1. The molecule has 0 aliphatic heterocycles. The third-order valence-electron chi connectivity index (χ3n) is 2.91. The van der Waals surface area contributed by atoms with Gasteiger partial charge in [-0.3, -0.25) is 14.9 Å². The lowest BCUT2D eigenvalue weighted by Gasteiger charge is -2.09. The van der Waals surface area contributed by atoms with E-state index in [2.05, 4.69) is 42.4 Å². The zero-order chi connectivity index (χ0) is 14.3. The van der Waals surface area contributed by atoms with E-state index in [0.717, 1.165) is 0 Å². The van der Waals surface area contributed by atoms with Gasteiger partial charge in [-0.2, -0.15) is 5.10 Å². The number of halogens is 2. The molecule has 1 heterocycles. The van der Waals surface area contributed by atoms with Crippen LogP contribution in [0.2, 0.25) is 0 Å². The fraction of sp³-hybridized carbons (Fsp3) is 0.400. The Morgan fingerprint density at radius 3 is 2.74 bits per heavy atom. The molecule has 0 radical (unpaired) electrons. The number of amides is 1. The minimum Gasteiger partial charge on any atom is -0.400 e. The second-order valence-electron chi connectivity index (χ2n) is 4.35. The van der Waals surface area contributed by atoms with Gasteiger partial charge in [-0.1, -0.05) is 31.9 Å². The minimum absolute atomic E-state index is 0.192. The van der Waals surface area contributed by atoms with Crippen LogP contribution in [-0.2, 0) is 4.79 Å². The summed E-state index contributed by atoms with van der Waals surface area (Å²) in [5.41, 5.74) is 1.80. The van der Waals surface area contributed by atoms with Crippen LogP contribution in [0.3, 0.4) is 0 Å². The molecule has 0 spiro atoms. The number of rotatable bonds is 4. The monoisotopic (exact) mass is 393 g/mol. The molecular formula is C10H9Br2N3O4. The van der Waals surface area contributed by atoms with Crippen LogP contribution in [0.4, 0.5) is 5.88 Å². The molecule has 1 N–H and O–H groups in total. The topological polar surface area (TPSA) is 97.7 Å². The Labute approximate surface area is 124 Å². The minimum atomic E-state index is -0.648. The van der Waals surface area contributed by atoms with Gasteiger partial charge in [0.05, 0.1) is 20.9 Å². The number of alkyl halides is 2. The first-order valence-corrected chi connectivity index (χ1v) is 6.80. The quantitative estimate of drug-likeness (QED) is 0.367. The summed E-state index contributed by atoms with van der Waals surface area (Å²) in [6.45, 7) is 1.79. The third kappa shape index (κ3) is 2.71. The molecule has 9 heteroatoms. The molecule has 1 unspecified atom stereocenters. The molecule has 1 saturated carbocycles. The molecule has 1 aromatic rings. The van der Waals surface area contributed by atoms with Crippen LogP contribution in [0, 0.1) is 15.5 Å². The van der Waals surface area contributed by atoms with Gasteiger partial charge in [0.15, 0.2) is 5.76 Å². The second-order valence-corrected chi connectivity index (χ2v) is 8.12. The van der Waals surface area contributed by atoms with Crippen molar-refractivity contribution in [3.63, 3.8) is 0 Å². The first-order chi connectivity index (χ1) is 8.76. The van der Waals surface area contributed by atoms with E-state index in [9.17, 15) is 14.9 Å². The summed E-state index contributed by atoms with van der Waals surface area (Å²) >= 11 is 6.75. The first-order valence-electron chi connectivity index (χ1n) is 5.22. The lowest BCUT2D eigenvalue weighted by molar-refractivity contribution is -0.402. The predicted octanol–water partition coefficient (Wildman–Crippen LogP) is 2.53. The number of carbonyl (C=O) groups is 1. The zero-order valence-electron chi connectivity index (χ0n) is 9.72. The molecule has 0 bridgehead atoms. The maximum absolute atomic E-state index is 11.8. The van der Waals surface area contributed by atoms with Crippen LogP contribution in [-0.4, -0.2) is 20.3 Å². The summed E-state index contributed by atoms with van der Waals surface area (Å²) < 4.78 is 4.46. The number of furan rings is 1. The number of hydrogen-bond donors (Lipinski definition) is 1. The van der Waals surface area contributed by atoms with Crippen LogP contribution >= 0.6 is 31.9 Å². The van der Waals surface area contributed by atoms with Crippen LogP contribution in [0.1, 0.15) is 19.1 Å². The average Bonchev–Trinajstić information content (AvgIpc) is 2.70. The molecule has 1 atom stereocenters. The molecule has 1 aliphatic carbocycles. The summed E-state index contributed by atoms with van der Waals surface area (Å²) in [4.78, 5) is 21.6. The van der Waals surface area contributed by atoms with Crippen molar-refractivity contribution in [3.05, 3.63) is 28.0 Å². The molecule has 102 valence electrons. The van der Waals surface area contributed by atoms with E-state index in [1.165, 1.54) is 18.3 Å². The summed E-state index contributed by atoms with van der Waals surface area (Å²) in [7, 11) is 0. The van der Waals surface area contributed by atoms with Crippen LogP contribution < -0.4 is 5.43 Å². The van der Waals surface area contributed by atoms with Gasteiger partial charge in [0.2, 0.25) is 5.91 Å². The lowest BCUT2D eigenvalue weighted by atomic mass is 10.1. The highest BCUT2D eigenvalue weighted by Gasteiger charge is 2.66. The van der Waals surface area contributed by atoms with Crippen LogP contribution in [0.15, 0.2) is 21.7 Å². The number of nitrogens with one attached hydrogen (secondary N) is 1. The molecule has 1 aliphatic rings. The van der Waals surface area contributed by atoms with Crippen LogP contribution in [0.5, 0.6) is 0 Å². The van der Waals surface area contributed by atoms with Gasteiger partial charge >= 0.3 is 5.88 Å². The smallest absolute Gasteiger partial charge is 0.400 e. The number of hydrogen-bond acceptors (Lipinski definition) is 5. The highest BCUT2D eigenvalue weighted by molar-refractivity contribution is 9.25. The number of nitrogens with zero attached hydrogens (tertiary/aromatic N) is 2. The Kier molecular flexibility index (Phi) is 3.52. The number of hydrazone groups is 1. The lowest BCUT2D eigenvalue weighted by Crippen LogP contribution is -2.29. The van der Waals surface area contributed by atoms with E-state index in [1.807, 2.05) is 0 Å². The third-order valence-corrected chi connectivity index (χ3v) is 5.22. The predicted molar refractivity (Wildman–Crippen MR) is 74.4 cm³/mol. The van der Waals surface area contributed by atoms with Gasteiger partial charge in [-0.05, 0) is 19.4 Å². The van der Waals surface area contributed by atoms with Gasteiger partial charge in [0.1, 0.15) is 4.92 Å². The Morgan fingerprint density at radius 1 is 1.63 bits per heavy atom. The van der Waals surface area contributed by atoms with E-state index < -0.39 is 13.6 Å². The van der Waals surface area contributed by atoms with Gasteiger partial charge in [-0.15, -0.1) is 0 Å². The molecule has 0 saturated heterocycles. The molecule has 0 aromatic carbocycles. The fourth-order valence-corrected chi connectivity index (χ4v) is 2.92. The molecule has 7 nitrogen and oxygen atoms in total. The van der Waals surface area contributed by atoms with E-state index in [-0.39, 0.29) is 17.6 Å². The molecule has 1 aromatic heterocycles. The first kappa shape index (κ1) is 14.2. The molecule has 2 rings (SSSR count). The molecule has 1 amide bonds. The summed E-state index contributed by atoms with van der Waals surface area (Å²) in [5, 5.41) is 14.1. The number of carbonyl (C=O) groups excluding carboxylic acids is 1. The maximum Gasteiger partial charge on any atom is 0.433 e. The van der Waals surface area contributed by atoms with Crippen molar-refractivity contribution in [1.82, 2.24) is 5.43 Å². The summed E-state index contributed by atoms with van der Waals surface area (Å²) in [5.74, 6) is -0.433. The Bertz CT molecular complexity index is 569. The average molecular weight is 395 g/mol. The van der Waals surface area contributed by atoms with Crippen molar-refractivity contribution >= 4 is 49.9 Å². The fourth-order valence-electron chi connectivity index (χ4n) is 1.43. The Balaban J connectivity index is 1.93. The van der Waals surface area contributed by atoms with E-state index in [0.29, 0.717) is 6.42 Å². The second kappa shape index (κ2) is 4.71. The maximum atomic E-state index is 11.8. The van der Waals surface area contributed by atoms with E-state index in [1.54, 1.807) is 6.92 Å². The highest BCUT2D eigenvalue weighted by atomic mass is 79.9. The van der Waals surface area contributed by atoms with Crippen molar-refractivity contribution in [3.8, 4) is 0 Å². The van der Waals surface area contributed by atoms with E-state index in [4.69, 9.17) is 4.42 Å². The van der Waals surface area contributed by atoms with Crippen molar-refractivity contribution in [2.75, 3.05) is 0 Å². The van der Waals surface area contributed by atoms with Crippen LogP contribution in [0.25, 0.3) is 0 Å². The van der Waals surface area contributed by atoms with Gasteiger partial charge in [0, 0.05) is 0 Å². The molecule has 19 heavy (non-hydrogen) atoms. The molecule has 1 fully saturated rings. The van der Waals surface area contributed by atoms with Crippen molar-refractivity contribution < 1.29 is 14.1 Å². The van der Waals surface area contributed by atoms with E-state index >= 15 is 0 Å². The summed E-state index contributed by atoms with van der Waals surface area (Å²) in [6.07, 6.45) is 1.86. The normalized spacial score (nSPS) is 24.4. The SMILES string of the molecule is CC1(C(=O)N/N=C\c2ccc([N+](=O)[O-])o2)CC1(Br)Br. The van der Waals surface area contributed by atoms with Gasteiger partial charge in [0.25, 0.3) is 0 Å². The molecular weight excluding hydrogens is 386 g/mol. The largest absolute Gasteiger partial charge is 0.433 e. The van der Waals surface area contributed by atoms with Gasteiger partial charge in [-0.25, -0.2) is 5.43 Å². The van der Waals surface area contributed by atoms with Crippen molar-refractivity contribution in [1.29, 1.82) is 0 Å². The highest BCUT2D eigenvalue weighted by Crippen LogP contribution is 2.66. The summed E-state index contributed by atoms with van der Waals surface area (Å²) in [6, 6.07) is 2.61.